The molecule has 4 aromatic rings. The molecule has 0 amide bonds. The summed E-state index contributed by atoms with van der Waals surface area (Å²) < 4.78 is 46.3. The Morgan fingerprint density at radius 1 is 0.947 bits per heavy atom. The summed E-state index contributed by atoms with van der Waals surface area (Å²) in [6.45, 7) is 0.0504. The molecule has 38 heavy (non-hydrogen) atoms. The van der Waals surface area contributed by atoms with Gasteiger partial charge in [0.25, 0.3) is 0 Å². The molecule has 0 aliphatic heterocycles. The maximum atomic E-state index is 13.7. The largest absolute Gasteiger partial charge is 0.451 e. The SMILES string of the molecule is N#Cc1c(N)nc(SCc2nc(-c3ccccc3)oc2C(F)(F)F)c(C#N)c1-c1ccc(CCCO)cc1. The quantitative estimate of drug-likeness (QED) is 0.264. The number of anilines is 1. The molecule has 192 valence electrons. The van der Waals surface area contributed by atoms with Crippen molar-refractivity contribution in [2.24, 2.45) is 0 Å². The van der Waals surface area contributed by atoms with E-state index >= 15 is 0 Å². The minimum atomic E-state index is -4.78. The number of aliphatic hydroxyl groups excluding tert-OH is 1. The van der Waals surface area contributed by atoms with Crippen molar-refractivity contribution in [2.45, 2.75) is 29.8 Å². The van der Waals surface area contributed by atoms with Gasteiger partial charge in [0.15, 0.2) is 0 Å². The number of benzene rings is 2. The second-order valence-electron chi connectivity index (χ2n) is 8.12. The minimum absolute atomic E-state index is 0.00205. The Morgan fingerprint density at radius 3 is 2.24 bits per heavy atom. The molecule has 2 aromatic carbocycles. The van der Waals surface area contributed by atoms with Crippen LogP contribution in [-0.4, -0.2) is 21.7 Å². The number of hydrogen-bond donors (Lipinski definition) is 2. The van der Waals surface area contributed by atoms with Crippen molar-refractivity contribution in [1.29, 1.82) is 10.5 Å². The summed E-state index contributed by atoms with van der Waals surface area (Å²) in [4.78, 5) is 8.23. The van der Waals surface area contributed by atoms with Gasteiger partial charge in [-0.3, -0.25) is 0 Å². The Kier molecular flexibility index (Phi) is 8.01. The highest BCUT2D eigenvalue weighted by atomic mass is 32.2. The molecular formula is C27H20F3N5O2S. The molecule has 7 nitrogen and oxygen atoms in total. The topological polar surface area (TPSA) is 133 Å². The molecule has 2 aromatic heterocycles. The molecule has 0 fully saturated rings. The van der Waals surface area contributed by atoms with E-state index in [1.165, 1.54) is 0 Å². The van der Waals surface area contributed by atoms with Crippen LogP contribution in [0.1, 0.15) is 34.6 Å². The van der Waals surface area contributed by atoms with Crippen molar-refractivity contribution in [1.82, 2.24) is 9.97 Å². The van der Waals surface area contributed by atoms with E-state index in [1.54, 1.807) is 42.5 Å². The van der Waals surface area contributed by atoms with Crippen LogP contribution < -0.4 is 5.73 Å². The van der Waals surface area contributed by atoms with Crippen LogP contribution in [0, 0.1) is 22.7 Å². The van der Waals surface area contributed by atoms with E-state index < -0.39 is 11.9 Å². The first-order valence-corrected chi connectivity index (χ1v) is 12.3. The smallest absolute Gasteiger partial charge is 0.431 e. The number of aryl methyl sites for hydroxylation is 1. The third-order valence-corrected chi connectivity index (χ3v) is 6.59. The van der Waals surface area contributed by atoms with Crippen LogP contribution in [0.2, 0.25) is 0 Å². The number of nitrogens with two attached hydrogens (primary N) is 1. The van der Waals surface area contributed by atoms with Gasteiger partial charge in [-0.1, -0.05) is 54.2 Å². The highest BCUT2D eigenvalue weighted by Gasteiger charge is 2.39. The zero-order valence-corrected chi connectivity index (χ0v) is 20.6. The molecule has 11 heteroatoms. The van der Waals surface area contributed by atoms with Crippen LogP contribution in [0.5, 0.6) is 0 Å². The number of halogens is 3. The molecule has 0 radical (unpaired) electrons. The van der Waals surface area contributed by atoms with Gasteiger partial charge in [-0.05, 0) is 36.1 Å². The number of nitrogens with zero attached hydrogens (tertiary/aromatic N) is 4. The molecule has 0 saturated heterocycles. The number of nitriles is 2. The van der Waals surface area contributed by atoms with Crippen LogP contribution in [-0.2, 0) is 18.3 Å². The van der Waals surface area contributed by atoms with Gasteiger partial charge in [-0.25, -0.2) is 9.97 Å². The predicted molar refractivity (Wildman–Crippen MR) is 135 cm³/mol. The maximum absolute atomic E-state index is 13.7. The van der Waals surface area contributed by atoms with Crippen LogP contribution in [0.4, 0.5) is 19.0 Å². The maximum Gasteiger partial charge on any atom is 0.451 e. The first-order chi connectivity index (χ1) is 18.3. The molecule has 4 rings (SSSR count). The summed E-state index contributed by atoms with van der Waals surface area (Å²) in [5, 5.41) is 28.8. The Morgan fingerprint density at radius 2 is 1.63 bits per heavy atom. The van der Waals surface area contributed by atoms with Crippen LogP contribution in [0.3, 0.4) is 0 Å². The number of oxazole rings is 1. The van der Waals surface area contributed by atoms with E-state index in [4.69, 9.17) is 15.3 Å². The molecule has 0 atom stereocenters. The van der Waals surface area contributed by atoms with E-state index in [-0.39, 0.29) is 51.5 Å². The molecule has 0 aliphatic rings. The van der Waals surface area contributed by atoms with Gasteiger partial charge in [-0.15, -0.1) is 0 Å². The van der Waals surface area contributed by atoms with Crippen molar-refractivity contribution < 1.29 is 22.7 Å². The number of aromatic nitrogens is 2. The first kappa shape index (κ1) is 26.7. The summed E-state index contributed by atoms with van der Waals surface area (Å²) in [5.74, 6) is -1.86. The summed E-state index contributed by atoms with van der Waals surface area (Å²) in [7, 11) is 0. The summed E-state index contributed by atoms with van der Waals surface area (Å²) in [6, 6.07) is 19.3. The summed E-state index contributed by atoms with van der Waals surface area (Å²) >= 11 is 0.847. The average molecular weight is 536 g/mol. The minimum Gasteiger partial charge on any atom is -0.431 e. The van der Waals surface area contributed by atoms with Gasteiger partial charge >= 0.3 is 6.18 Å². The fourth-order valence-electron chi connectivity index (χ4n) is 3.82. The highest BCUT2D eigenvalue weighted by Crippen LogP contribution is 2.40. The van der Waals surface area contributed by atoms with E-state index in [0.717, 1.165) is 17.3 Å². The molecule has 0 unspecified atom stereocenters. The van der Waals surface area contributed by atoms with Crippen molar-refractivity contribution >= 4 is 17.6 Å². The fraction of sp³-hybridized carbons (Fsp3) is 0.185. The zero-order chi connectivity index (χ0) is 27.3. The Balaban J connectivity index is 1.73. The van der Waals surface area contributed by atoms with Crippen molar-refractivity contribution in [3.63, 3.8) is 0 Å². The van der Waals surface area contributed by atoms with Crippen molar-refractivity contribution in [2.75, 3.05) is 12.3 Å². The van der Waals surface area contributed by atoms with E-state index in [1.807, 2.05) is 24.3 Å². The van der Waals surface area contributed by atoms with Crippen LogP contribution in [0.25, 0.3) is 22.6 Å². The van der Waals surface area contributed by atoms with Crippen molar-refractivity contribution in [3.05, 3.63) is 82.7 Å². The standard InChI is InChI=1S/C27H20F3N5O2S/c28-27(29,30)23-21(34-25(37-23)18-6-2-1-3-7-18)15-38-26-20(14-32)22(19(13-31)24(33)35-26)17-10-8-16(9-11-17)5-4-12-36/h1-3,6-11,36H,4-5,12,15H2,(H2,33,35). The molecule has 0 saturated carbocycles. The number of aliphatic hydroxyl groups is 1. The number of alkyl halides is 3. The molecular weight excluding hydrogens is 515 g/mol. The Bertz CT molecular complexity index is 1520. The molecule has 0 aliphatic carbocycles. The van der Waals surface area contributed by atoms with Gasteiger partial charge in [0.05, 0.1) is 5.56 Å². The third kappa shape index (κ3) is 5.65. The summed E-state index contributed by atoms with van der Waals surface area (Å²) in [5.41, 5.74) is 7.82. The van der Waals surface area contributed by atoms with E-state index in [2.05, 4.69) is 9.97 Å². The zero-order valence-electron chi connectivity index (χ0n) is 19.8. The summed E-state index contributed by atoms with van der Waals surface area (Å²) in [6.07, 6.45) is -3.55. The first-order valence-electron chi connectivity index (χ1n) is 11.4. The third-order valence-electron chi connectivity index (χ3n) is 5.60. The van der Waals surface area contributed by atoms with Gasteiger partial charge < -0.3 is 15.3 Å². The van der Waals surface area contributed by atoms with Crippen LogP contribution in [0.15, 0.2) is 64.0 Å². The van der Waals surface area contributed by atoms with E-state index in [0.29, 0.717) is 24.0 Å². The molecule has 3 N–H and O–H groups in total. The average Bonchev–Trinajstić information content (AvgIpc) is 3.36. The number of thioether (sulfide) groups is 1. The fourth-order valence-corrected chi connectivity index (χ4v) is 4.75. The number of pyridine rings is 1. The Labute approximate surface area is 220 Å². The Hall–Kier alpha value is -4.32. The monoisotopic (exact) mass is 535 g/mol. The van der Waals surface area contributed by atoms with Crippen LogP contribution >= 0.6 is 11.8 Å². The normalized spacial score (nSPS) is 11.2. The van der Waals surface area contributed by atoms with E-state index in [9.17, 15) is 23.7 Å². The molecule has 0 bridgehead atoms. The van der Waals surface area contributed by atoms with Gasteiger partial charge in [0, 0.05) is 23.5 Å². The number of nitrogen functional groups attached to an aromatic ring is 1. The number of rotatable bonds is 8. The lowest BCUT2D eigenvalue weighted by atomic mass is 9.95. The van der Waals surface area contributed by atoms with Crippen molar-refractivity contribution in [3.8, 4) is 34.7 Å². The molecule has 2 heterocycles. The number of hydrogen-bond acceptors (Lipinski definition) is 8. The van der Waals surface area contributed by atoms with Gasteiger partial charge in [0.1, 0.15) is 34.2 Å². The van der Waals surface area contributed by atoms with Gasteiger partial charge in [-0.2, -0.15) is 23.7 Å². The molecule has 0 spiro atoms. The second kappa shape index (κ2) is 11.4. The lowest BCUT2D eigenvalue weighted by Gasteiger charge is -2.13. The van der Waals surface area contributed by atoms with Gasteiger partial charge in [0.2, 0.25) is 11.7 Å². The highest BCUT2D eigenvalue weighted by molar-refractivity contribution is 7.98. The predicted octanol–water partition coefficient (Wildman–Crippen LogP) is 5.97. The lowest BCUT2D eigenvalue weighted by molar-refractivity contribution is -0.153. The second-order valence-corrected chi connectivity index (χ2v) is 9.09. The lowest BCUT2D eigenvalue weighted by Crippen LogP contribution is -2.07.